The maximum atomic E-state index is 13.4. The van der Waals surface area contributed by atoms with E-state index in [0.717, 1.165) is 31.2 Å². The molecule has 2 N–H and O–H groups in total. The van der Waals surface area contributed by atoms with Gasteiger partial charge in [0.2, 0.25) is 5.78 Å². The average molecular weight is 335 g/mol. The number of carbonyl (C=O) groups is 1. The highest BCUT2D eigenvalue weighted by Gasteiger charge is 2.58. The molecule has 0 saturated heterocycles. The van der Waals surface area contributed by atoms with E-state index in [2.05, 4.69) is 11.9 Å². The lowest BCUT2D eigenvalue weighted by atomic mass is 9.66. The minimum Gasteiger partial charge on any atom is -0.469 e. The number of ketones is 1. The zero-order chi connectivity index (χ0) is 16.5. The van der Waals surface area contributed by atoms with Crippen LogP contribution in [0.4, 0.5) is 0 Å². The molecule has 4 nitrogen and oxygen atoms in total. The van der Waals surface area contributed by atoms with E-state index >= 15 is 0 Å². The van der Waals surface area contributed by atoms with Gasteiger partial charge in [-0.25, -0.2) is 4.99 Å². The van der Waals surface area contributed by atoms with Crippen LogP contribution in [0.1, 0.15) is 51.0 Å². The SMILES string of the molecule is CCC(N)CCC12CCCC(c3ccccc3Cl)(N=CO1)C2=O. The second-order valence-electron chi connectivity index (χ2n) is 6.58. The highest BCUT2D eigenvalue weighted by molar-refractivity contribution is 6.32. The number of aliphatic imine (C=N–C) groups is 1. The van der Waals surface area contributed by atoms with Crippen molar-refractivity contribution in [2.45, 2.75) is 62.6 Å². The van der Waals surface area contributed by atoms with Gasteiger partial charge < -0.3 is 10.5 Å². The zero-order valence-corrected chi connectivity index (χ0v) is 14.2. The number of hydrogen-bond acceptors (Lipinski definition) is 4. The van der Waals surface area contributed by atoms with Crippen molar-refractivity contribution in [1.29, 1.82) is 0 Å². The van der Waals surface area contributed by atoms with E-state index in [4.69, 9.17) is 22.1 Å². The summed E-state index contributed by atoms with van der Waals surface area (Å²) in [5, 5.41) is 0.584. The van der Waals surface area contributed by atoms with Crippen molar-refractivity contribution < 1.29 is 9.53 Å². The van der Waals surface area contributed by atoms with E-state index in [0.29, 0.717) is 17.9 Å². The van der Waals surface area contributed by atoms with Crippen molar-refractivity contribution in [3.8, 4) is 0 Å². The summed E-state index contributed by atoms with van der Waals surface area (Å²) in [6.07, 6.45) is 6.05. The van der Waals surface area contributed by atoms with E-state index < -0.39 is 11.1 Å². The Bertz CT molecular complexity index is 633. The maximum absolute atomic E-state index is 13.4. The summed E-state index contributed by atoms with van der Waals surface area (Å²) in [4.78, 5) is 17.8. The van der Waals surface area contributed by atoms with Crippen molar-refractivity contribution in [1.82, 2.24) is 0 Å². The summed E-state index contributed by atoms with van der Waals surface area (Å²) >= 11 is 6.37. The molecule has 2 aliphatic rings. The molecule has 3 atom stereocenters. The van der Waals surface area contributed by atoms with Crippen LogP contribution >= 0.6 is 11.6 Å². The van der Waals surface area contributed by atoms with Gasteiger partial charge in [-0.05, 0) is 44.6 Å². The topological polar surface area (TPSA) is 64.7 Å². The van der Waals surface area contributed by atoms with Crippen LogP contribution in [-0.2, 0) is 15.1 Å². The summed E-state index contributed by atoms with van der Waals surface area (Å²) < 4.78 is 5.79. The van der Waals surface area contributed by atoms with Gasteiger partial charge in [-0.2, -0.15) is 0 Å². The van der Waals surface area contributed by atoms with Gasteiger partial charge in [0.15, 0.2) is 17.5 Å². The maximum Gasteiger partial charge on any atom is 0.208 e. The lowest BCUT2D eigenvalue weighted by Gasteiger charge is -2.47. The predicted octanol–water partition coefficient (Wildman–Crippen LogP) is 3.60. The number of Topliss-reactive ketones (excluding diaryl/α,β-unsaturated/α-hetero) is 1. The number of carbonyl (C=O) groups excluding carboxylic acids is 1. The number of rotatable bonds is 5. The Morgan fingerprint density at radius 1 is 1.39 bits per heavy atom. The first kappa shape index (κ1) is 16.5. The van der Waals surface area contributed by atoms with Crippen LogP contribution in [0.15, 0.2) is 29.3 Å². The smallest absolute Gasteiger partial charge is 0.208 e. The van der Waals surface area contributed by atoms with Crippen molar-refractivity contribution in [2.24, 2.45) is 10.7 Å². The Kier molecular flexibility index (Phi) is 4.47. The van der Waals surface area contributed by atoms with Crippen LogP contribution in [0.2, 0.25) is 5.02 Å². The number of fused-ring (bicyclic) bond motifs is 2. The number of hydrogen-bond donors (Lipinski definition) is 1. The lowest BCUT2D eigenvalue weighted by molar-refractivity contribution is -0.150. The first-order valence-electron chi connectivity index (χ1n) is 8.31. The fraction of sp³-hybridized carbons (Fsp3) is 0.556. The summed E-state index contributed by atoms with van der Waals surface area (Å²) in [5.41, 5.74) is 5.14. The monoisotopic (exact) mass is 334 g/mol. The largest absolute Gasteiger partial charge is 0.469 e. The molecule has 3 rings (SSSR count). The molecule has 1 aliphatic carbocycles. The van der Waals surface area contributed by atoms with Crippen LogP contribution in [0.25, 0.3) is 0 Å². The Hall–Kier alpha value is -1.39. The van der Waals surface area contributed by atoms with Crippen molar-refractivity contribution in [3.63, 3.8) is 0 Å². The van der Waals surface area contributed by atoms with Crippen LogP contribution in [-0.4, -0.2) is 23.8 Å². The molecule has 1 fully saturated rings. The molecular weight excluding hydrogens is 312 g/mol. The van der Waals surface area contributed by atoms with E-state index in [9.17, 15) is 4.79 Å². The van der Waals surface area contributed by atoms with Gasteiger partial charge in [0, 0.05) is 16.6 Å². The predicted molar refractivity (Wildman–Crippen MR) is 91.8 cm³/mol. The molecule has 23 heavy (non-hydrogen) atoms. The van der Waals surface area contributed by atoms with Gasteiger partial charge in [0.25, 0.3) is 0 Å². The molecule has 2 bridgehead atoms. The fourth-order valence-electron chi connectivity index (χ4n) is 3.73. The number of nitrogens with two attached hydrogens (primary N) is 1. The average Bonchev–Trinajstić information content (AvgIpc) is 2.54. The molecule has 0 aromatic heterocycles. The third kappa shape index (κ3) is 2.68. The first-order valence-corrected chi connectivity index (χ1v) is 8.69. The lowest BCUT2D eigenvalue weighted by Crippen LogP contribution is -2.58. The van der Waals surface area contributed by atoms with E-state index in [-0.39, 0.29) is 11.8 Å². The minimum atomic E-state index is -0.898. The Balaban J connectivity index is 1.97. The van der Waals surface area contributed by atoms with Gasteiger partial charge in [-0.3, -0.25) is 4.79 Å². The fourth-order valence-corrected chi connectivity index (χ4v) is 4.02. The quantitative estimate of drug-likeness (QED) is 0.894. The number of ether oxygens (including phenoxy) is 1. The molecule has 124 valence electrons. The van der Waals surface area contributed by atoms with Crippen molar-refractivity contribution in [2.75, 3.05) is 0 Å². The normalized spacial score (nSPS) is 30.8. The summed E-state index contributed by atoms with van der Waals surface area (Å²) in [6.45, 7) is 2.06. The van der Waals surface area contributed by atoms with E-state index in [1.54, 1.807) is 0 Å². The van der Waals surface area contributed by atoms with Crippen molar-refractivity contribution >= 4 is 23.8 Å². The first-order chi connectivity index (χ1) is 11.0. The standard InChI is InChI=1S/C18H23ClN2O2/c1-2-13(20)8-11-17-9-5-10-18(16(17)22,21-12-23-17)14-6-3-4-7-15(14)19/h3-4,6-7,12-13H,2,5,8-11,20H2,1H3. The molecule has 0 radical (unpaired) electrons. The third-order valence-corrected chi connectivity index (χ3v) is 5.55. The molecular formula is C18H23ClN2O2. The molecule has 0 spiro atoms. The molecule has 0 amide bonds. The molecule has 1 aliphatic heterocycles. The van der Waals surface area contributed by atoms with E-state index in [1.807, 2.05) is 24.3 Å². The molecule has 1 saturated carbocycles. The Morgan fingerprint density at radius 3 is 2.91 bits per heavy atom. The van der Waals surface area contributed by atoms with Gasteiger partial charge in [0.05, 0.1) is 0 Å². The number of benzene rings is 1. The third-order valence-electron chi connectivity index (χ3n) is 5.22. The number of nitrogens with zero attached hydrogens (tertiary/aromatic N) is 1. The summed E-state index contributed by atoms with van der Waals surface area (Å²) in [5.74, 6) is 0.0372. The Morgan fingerprint density at radius 2 is 2.17 bits per heavy atom. The van der Waals surface area contributed by atoms with Gasteiger partial charge in [-0.1, -0.05) is 36.7 Å². The van der Waals surface area contributed by atoms with Gasteiger partial charge >= 0.3 is 0 Å². The zero-order valence-electron chi connectivity index (χ0n) is 13.4. The summed E-state index contributed by atoms with van der Waals surface area (Å²) in [7, 11) is 0. The van der Waals surface area contributed by atoms with Crippen LogP contribution in [0.3, 0.4) is 0 Å². The highest BCUT2D eigenvalue weighted by Crippen LogP contribution is 2.49. The highest BCUT2D eigenvalue weighted by atomic mass is 35.5. The van der Waals surface area contributed by atoms with Crippen LogP contribution in [0, 0.1) is 0 Å². The van der Waals surface area contributed by atoms with Crippen molar-refractivity contribution in [3.05, 3.63) is 34.9 Å². The molecule has 1 aromatic carbocycles. The van der Waals surface area contributed by atoms with Crippen LogP contribution in [0.5, 0.6) is 0 Å². The molecule has 1 aromatic rings. The summed E-state index contributed by atoms with van der Waals surface area (Å²) in [6, 6.07) is 7.57. The minimum absolute atomic E-state index is 0.0372. The molecule has 3 unspecified atom stereocenters. The van der Waals surface area contributed by atoms with Gasteiger partial charge in [0.1, 0.15) is 0 Å². The van der Waals surface area contributed by atoms with E-state index in [1.165, 1.54) is 6.40 Å². The second kappa shape index (κ2) is 6.25. The second-order valence-corrected chi connectivity index (χ2v) is 6.98. The van der Waals surface area contributed by atoms with Crippen LogP contribution < -0.4 is 5.73 Å². The molecule has 5 heteroatoms. The number of halogens is 1. The van der Waals surface area contributed by atoms with Gasteiger partial charge in [-0.15, -0.1) is 0 Å². The molecule has 1 heterocycles. The Labute approximate surface area is 142 Å².